The first-order chi connectivity index (χ1) is 10.7. The monoisotopic (exact) mass is 311 g/mol. The molecule has 0 saturated heterocycles. The molecule has 0 atom stereocenters. The van der Waals surface area contributed by atoms with Gasteiger partial charge in [-0.25, -0.2) is 4.99 Å². The van der Waals surface area contributed by atoms with E-state index in [1.54, 1.807) is 0 Å². The smallest absolute Gasteiger partial charge is 0.199 e. The van der Waals surface area contributed by atoms with Gasteiger partial charge in [0, 0.05) is 24.3 Å². The summed E-state index contributed by atoms with van der Waals surface area (Å²) in [6, 6.07) is 20.0. The second kappa shape index (κ2) is 8.29. The molecule has 1 N–H and O–H groups in total. The van der Waals surface area contributed by atoms with Gasteiger partial charge >= 0.3 is 0 Å². The minimum Gasteiger partial charge on any atom is -0.357 e. The minimum atomic E-state index is 0.469. The van der Waals surface area contributed by atoms with E-state index in [-0.39, 0.29) is 0 Å². The van der Waals surface area contributed by atoms with E-state index in [1.807, 2.05) is 48.5 Å². The molecule has 0 spiro atoms. The van der Waals surface area contributed by atoms with Gasteiger partial charge in [-0.05, 0) is 38.2 Å². The molecule has 0 aliphatic rings. The molecular weight excluding hydrogens is 290 g/mol. The number of nitrogens with zero attached hydrogens (tertiary/aromatic N) is 2. The van der Waals surface area contributed by atoms with Crippen LogP contribution >= 0.6 is 12.2 Å². The molecule has 0 unspecified atom stereocenters. The fraction of sp³-hybridized carbons (Fsp3) is 0.222. The van der Waals surface area contributed by atoms with Gasteiger partial charge in [-0.1, -0.05) is 48.5 Å². The maximum Gasteiger partial charge on any atom is 0.199 e. The summed E-state index contributed by atoms with van der Waals surface area (Å²) in [5, 5.41) is 3.63. The van der Waals surface area contributed by atoms with E-state index in [9.17, 15) is 0 Å². The third-order valence-electron chi connectivity index (χ3n) is 3.33. The van der Waals surface area contributed by atoms with Gasteiger partial charge in [0.1, 0.15) is 5.84 Å². The summed E-state index contributed by atoms with van der Waals surface area (Å²) in [6.07, 6.45) is 0. The molecule has 2 aromatic rings. The second-order valence-corrected chi connectivity index (χ2v) is 5.16. The van der Waals surface area contributed by atoms with Crippen LogP contribution in [-0.4, -0.2) is 28.9 Å². The molecule has 0 aliphatic heterocycles. The maximum absolute atomic E-state index is 5.40. The standard InChI is InChI=1S/C18H21N3S/c1-3-21(4-2)17(15-11-7-5-8-12-15)20-18(22)19-16-13-9-6-10-14-16/h5-14H,3-4H2,1-2H3,(H,19,22). The summed E-state index contributed by atoms with van der Waals surface area (Å²) >= 11 is 5.40. The lowest BCUT2D eigenvalue weighted by Crippen LogP contribution is -2.32. The number of aliphatic imine (C=N–C) groups is 1. The molecule has 3 nitrogen and oxygen atoms in total. The Labute approximate surface area is 137 Å². The lowest BCUT2D eigenvalue weighted by atomic mass is 10.2. The molecule has 2 rings (SSSR count). The van der Waals surface area contributed by atoms with E-state index in [0.29, 0.717) is 5.11 Å². The highest BCUT2D eigenvalue weighted by Gasteiger charge is 2.11. The summed E-state index contributed by atoms with van der Waals surface area (Å²) in [7, 11) is 0. The summed E-state index contributed by atoms with van der Waals surface area (Å²) in [6.45, 7) is 6.02. The van der Waals surface area contributed by atoms with Gasteiger partial charge in [0.2, 0.25) is 0 Å². The van der Waals surface area contributed by atoms with Gasteiger partial charge < -0.3 is 10.2 Å². The molecule has 0 heterocycles. The first kappa shape index (κ1) is 16.2. The van der Waals surface area contributed by atoms with Gasteiger partial charge in [0.15, 0.2) is 5.11 Å². The summed E-state index contributed by atoms with van der Waals surface area (Å²) in [5.74, 6) is 0.902. The molecule has 0 aliphatic carbocycles. The minimum absolute atomic E-state index is 0.469. The van der Waals surface area contributed by atoms with Crippen LogP contribution in [0.1, 0.15) is 19.4 Å². The largest absolute Gasteiger partial charge is 0.357 e. The summed E-state index contributed by atoms with van der Waals surface area (Å²) in [5.41, 5.74) is 2.02. The molecule has 0 radical (unpaired) electrons. The van der Waals surface area contributed by atoms with Crippen molar-refractivity contribution in [3.05, 3.63) is 66.2 Å². The Hall–Kier alpha value is -2.20. The fourth-order valence-electron chi connectivity index (χ4n) is 2.20. The highest BCUT2D eigenvalue weighted by atomic mass is 32.1. The first-order valence-corrected chi connectivity index (χ1v) is 7.90. The van der Waals surface area contributed by atoms with Gasteiger partial charge in [-0.2, -0.15) is 0 Å². The number of benzene rings is 2. The Balaban J connectivity index is 2.26. The molecule has 0 saturated carbocycles. The fourth-order valence-corrected chi connectivity index (χ4v) is 2.40. The molecule has 0 amide bonds. The second-order valence-electron chi connectivity index (χ2n) is 4.77. The Morgan fingerprint density at radius 3 is 2.05 bits per heavy atom. The van der Waals surface area contributed by atoms with Crippen LogP contribution in [0.15, 0.2) is 65.7 Å². The third-order valence-corrected chi connectivity index (χ3v) is 3.52. The number of amidine groups is 1. The van der Waals surface area contributed by atoms with E-state index >= 15 is 0 Å². The number of hydrogen-bond acceptors (Lipinski definition) is 1. The van der Waals surface area contributed by atoms with Crippen molar-refractivity contribution >= 4 is 28.9 Å². The zero-order chi connectivity index (χ0) is 15.8. The summed E-state index contributed by atoms with van der Waals surface area (Å²) in [4.78, 5) is 6.85. The number of rotatable bonds is 4. The van der Waals surface area contributed by atoms with Gasteiger partial charge in [0.25, 0.3) is 0 Å². The van der Waals surface area contributed by atoms with Crippen LogP contribution in [0.4, 0.5) is 5.69 Å². The number of anilines is 1. The van der Waals surface area contributed by atoms with Crippen molar-refractivity contribution in [3.8, 4) is 0 Å². The predicted molar refractivity (Wildman–Crippen MR) is 98.6 cm³/mol. The molecule has 114 valence electrons. The van der Waals surface area contributed by atoms with Crippen molar-refractivity contribution in [2.75, 3.05) is 18.4 Å². The van der Waals surface area contributed by atoms with E-state index in [4.69, 9.17) is 12.2 Å². The highest BCUT2D eigenvalue weighted by molar-refractivity contribution is 7.80. The lowest BCUT2D eigenvalue weighted by molar-refractivity contribution is 0.467. The van der Waals surface area contributed by atoms with Crippen molar-refractivity contribution in [3.63, 3.8) is 0 Å². The quantitative estimate of drug-likeness (QED) is 0.522. The molecule has 0 aromatic heterocycles. The Bertz CT molecular complexity index is 619. The lowest BCUT2D eigenvalue weighted by Gasteiger charge is -2.23. The van der Waals surface area contributed by atoms with E-state index in [0.717, 1.165) is 30.2 Å². The average molecular weight is 311 g/mol. The van der Waals surface area contributed by atoms with Crippen LogP contribution in [0.25, 0.3) is 0 Å². The van der Waals surface area contributed by atoms with Crippen LogP contribution in [0.3, 0.4) is 0 Å². The van der Waals surface area contributed by atoms with Crippen LogP contribution in [0.5, 0.6) is 0 Å². The van der Waals surface area contributed by atoms with Crippen LogP contribution in [-0.2, 0) is 0 Å². The summed E-state index contributed by atoms with van der Waals surface area (Å²) < 4.78 is 0. The average Bonchev–Trinajstić information content (AvgIpc) is 2.56. The first-order valence-electron chi connectivity index (χ1n) is 7.49. The van der Waals surface area contributed by atoms with Crippen molar-refractivity contribution in [2.45, 2.75) is 13.8 Å². The third kappa shape index (κ3) is 4.40. The van der Waals surface area contributed by atoms with Crippen LogP contribution < -0.4 is 5.32 Å². The van der Waals surface area contributed by atoms with E-state index in [1.165, 1.54) is 0 Å². The Kier molecular flexibility index (Phi) is 6.10. The van der Waals surface area contributed by atoms with Crippen molar-refractivity contribution in [1.82, 2.24) is 4.90 Å². The zero-order valence-corrected chi connectivity index (χ0v) is 13.8. The molecular formula is C18H21N3S. The molecule has 4 heteroatoms. The highest BCUT2D eigenvalue weighted by Crippen LogP contribution is 2.09. The number of para-hydroxylation sites is 1. The van der Waals surface area contributed by atoms with Gasteiger partial charge in [-0.3, -0.25) is 0 Å². The van der Waals surface area contributed by atoms with Crippen molar-refractivity contribution in [2.24, 2.45) is 4.99 Å². The van der Waals surface area contributed by atoms with Gasteiger partial charge in [0.05, 0.1) is 0 Å². The van der Waals surface area contributed by atoms with Crippen LogP contribution in [0, 0.1) is 0 Å². The molecule has 22 heavy (non-hydrogen) atoms. The predicted octanol–water partition coefficient (Wildman–Crippen LogP) is 4.17. The van der Waals surface area contributed by atoms with Gasteiger partial charge in [-0.15, -0.1) is 0 Å². The molecule has 0 bridgehead atoms. The molecule has 2 aromatic carbocycles. The van der Waals surface area contributed by atoms with E-state index in [2.05, 4.69) is 41.2 Å². The topological polar surface area (TPSA) is 27.6 Å². The normalized spacial score (nSPS) is 11.1. The van der Waals surface area contributed by atoms with E-state index < -0.39 is 0 Å². The van der Waals surface area contributed by atoms with Crippen LogP contribution in [0.2, 0.25) is 0 Å². The number of nitrogens with one attached hydrogen (secondary N) is 1. The Morgan fingerprint density at radius 1 is 0.955 bits per heavy atom. The Morgan fingerprint density at radius 2 is 1.50 bits per heavy atom. The van der Waals surface area contributed by atoms with Crippen molar-refractivity contribution in [1.29, 1.82) is 0 Å². The molecule has 0 fully saturated rings. The zero-order valence-electron chi connectivity index (χ0n) is 13.0. The number of thiocarbonyl (C=S) groups is 1. The maximum atomic E-state index is 5.40. The SMILES string of the molecule is CCN(CC)C(=NC(=S)Nc1ccccc1)c1ccccc1. The van der Waals surface area contributed by atoms with Crippen molar-refractivity contribution < 1.29 is 0 Å². The number of hydrogen-bond donors (Lipinski definition) is 1.